The lowest BCUT2D eigenvalue weighted by Crippen LogP contribution is -2.15. The molecule has 1 amide bonds. The van der Waals surface area contributed by atoms with Gasteiger partial charge in [-0.25, -0.2) is 0 Å². The van der Waals surface area contributed by atoms with Crippen molar-refractivity contribution in [3.05, 3.63) is 62.0 Å². The maximum atomic E-state index is 12.3. The quantitative estimate of drug-likeness (QED) is 0.675. The van der Waals surface area contributed by atoms with Crippen LogP contribution in [0.15, 0.2) is 51.4 Å². The Morgan fingerprint density at radius 3 is 2.71 bits per heavy atom. The molecule has 0 spiro atoms. The molecule has 0 aliphatic heterocycles. The van der Waals surface area contributed by atoms with E-state index in [0.717, 1.165) is 31.6 Å². The fourth-order valence-electron chi connectivity index (χ4n) is 2.42. The lowest BCUT2D eigenvalue weighted by atomic mass is 10.1. The minimum absolute atomic E-state index is 0.00391. The second-order valence-corrected chi connectivity index (χ2v) is 7.26. The molecular weight excluding hydrogens is 417 g/mol. The zero-order valence-electron chi connectivity index (χ0n) is 10.9. The van der Waals surface area contributed by atoms with Crippen LogP contribution in [0.1, 0.15) is 17.9 Å². The minimum atomic E-state index is -0.00391. The largest absolute Gasteiger partial charge is 0.325 e. The lowest BCUT2D eigenvalue weighted by Gasteiger charge is -2.08. The molecule has 21 heavy (non-hydrogen) atoms. The van der Waals surface area contributed by atoms with E-state index < -0.39 is 0 Å². The molecule has 1 saturated carbocycles. The highest BCUT2D eigenvalue weighted by Gasteiger charge is 2.44. The smallest absolute Gasteiger partial charge is 0.228 e. The summed E-state index contributed by atoms with van der Waals surface area (Å²) in [5.74, 6) is 0.263. The maximum absolute atomic E-state index is 12.3. The summed E-state index contributed by atoms with van der Waals surface area (Å²) in [5.41, 5.74) is 1.84. The van der Waals surface area contributed by atoms with Gasteiger partial charge >= 0.3 is 0 Å². The number of carbonyl (C=O) groups excluding carboxylic acids is 1. The van der Waals surface area contributed by atoms with Gasteiger partial charge in [0, 0.05) is 19.9 Å². The summed E-state index contributed by atoms with van der Waals surface area (Å²) in [6.45, 7) is 0. The topological polar surface area (TPSA) is 29.1 Å². The van der Waals surface area contributed by atoms with Gasteiger partial charge in [0.25, 0.3) is 0 Å². The Morgan fingerprint density at radius 1 is 1.19 bits per heavy atom. The molecule has 3 rings (SSSR count). The maximum Gasteiger partial charge on any atom is 0.228 e. The normalized spacial score (nSPS) is 20.1. The summed E-state index contributed by atoms with van der Waals surface area (Å²) >= 11 is 13.0. The number of amides is 1. The van der Waals surface area contributed by atoms with Crippen molar-refractivity contribution in [2.24, 2.45) is 5.92 Å². The summed E-state index contributed by atoms with van der Waals surface area (Å²) < 4.78 is 1.80. The van der Waals surface area contributed by atoms with Gasteiger partial charge in [0.15, 0.2) is 0 Å². The van der Waals surface area contributed by atoms with Crippen LogP contribution in [0, 0.1) is 5.92 Å². The average molecular weight is 430 g/mol. The molecule has 0 radical (unpaired) electrons. The van der Waals surface area contributed by atoms with Crippen molar-refractivity contribution in [1.29, 1.82) is 0 Å². The molecule has 108 valence electrons. The number of anilines is 1. The first kappa shape index (κ1) is 15.1. The summed E-state index contributed by atoms with van der Waals surface area (Å²) in [5, 5.41) is 3.71. The van der Waals surface area contributed by atoms with Gasteiger partial charge in [0.05, 0.1) is 5.69 Å². The molecule has 0 aromatic heterocycles. The number of nitrogens with one attached hydrogen (secondary N) is 1. The number of hydrogen-bond acceptors (Lipinski definition) is 1. The SMILES string of the molecule is O=C(Nc1cc(Br)ccc1Br)C1CC1c1ccccc1Cl. The molecular formula is C16H12Br2ClNO. The Balaban J connectivity index is 1.71. The Kier molecular flexibility index (Phi) is 4.38. The van der Waals surface area contributed by atoms with E-state index in [4.69, 9.17) is 11.6 Å². The van der Waals surface area contributed by atoms with E-state index in [9.17, 15) is 4.79 Å². The van der Waals surface area contributed by atoms with Crippen LogP contribution in [-0.2, 0) is 4.79 Å². The first-order valence-corrected chi connectivity index (χ1v) is 8.53. The number of benzene rings is 2. The van der Waals surface area contributed by atoms with Gasteiger partial charge in [-0.05, 0) is 58.1 Å². The van der Waals surface area contributed by atoms with Crippen molar-refractivity contribution >= 4 is 55.1 Å². The molecule has 0 saturated heterocycles. The number of halogens is 3. The molecule has 1 aliphatic rings. The van der Waals surface area contributed by atoms with E-state index in [2.05, 4.69) is 37.2 Å². The molecule has 1 aliphatic carbocycles. The molecule has 2 nitrogen and oxygen atoms in total. The van der Waals surface area contributed by atoms with Crippen molar-refractivity contribution in [3.63, 3.8) is 0 Å². The van der Waals surface area contributed by atoms with E-state index in [1.807, 2.05) is 42.5 Å². The van der Waals surface area contributed by atoms with Crippen molar-refractivity contribution in [3.8, 4) is 0 Å². The summed E-state index contributed by atoms with van der Waals surface area (Å²) in [4.78, 5) is 12.3. The number of hydrogen-bond donors (Lipinski definition) is 1. The van der Waals surface area contributed by atoms with E-state index in [0.29, 0.717) is 0 Å². The second-order valence-electron chi connectivity index (χ2n) is 5.08. The van der Waals surface area contributed by atoms with Crippen LogP contribution < -0.4 is 5.32 Å². The number of rotatable bonds is 3. The standard InChI is InChI=1S/C16H12Br2ClNO/c17-9-5-6-13(18)15(7-9)20-16(21)12-8-11(12)10-3-1-2-4-14(10)19/h1-7,11-12H,8H2,(H,20,21). The Morgan fingerprint density at radius 2 is 1.95 bits per heavy atom. The van der Waals surface area contributed by atoms with E-state index in [1.54, 1.807) is 0 Å². The van der Waals surface area contributed by atoms with E-state index in [1.165, 1.54) is 0 Å². The van der Waals surface area contributed by atoms with Crippen LogP contribution in [0.25, 0.3) is 0 Å². The van der Waals surface area contributed by atoms with Crippen LogP contribution in [0.3, 0.4) is 0 Å². The molecule has 1 N–H and O–H groups in total. The Bertz CT molecular complexity index is 704. The molecule has 0 heterocycles. The van der Waals surface area contributed by atoms with Crippen LogP contribution in [0.4, 0.5) is 5.69 Å². The van der Waals surface area contributed by atoms with Crippen LogP contribution in [-0.4, -0.2) is 5.91 Å². The summed E-state index contributed by atoms with van der Waals surface area (Å²) in [6, 6.07) is 13.4. The summed E-state index contributed by atoms with van der Waals surface area (Å²) in [6.07, 6.45) is 0.848. The van der Waals surface area contributed by atoms with Gasteiger partial charge in [-0.3, -0.25) is 4.79 Å². The molecule has 1 fully saturated rings. The Hall–Kier alpha value is -0.840. The van der Waals surface area contributed by atoms with Gasteiger partial charge in [0.1, 0.15) is 0 Å². The Labute approximate surface area is 145 Å². The summed E-state index contributed by atoms with van der Waals surface area (Å²) in [7, 11) is 0. The highest BCUT2D eigenvalue weighted by atomic mass is 79.9. The average Bonchev–Trinajstić information content (AvgIpc) is 3.24. The molecule has 2 atom stereocenters. The van der Waals surface area contributed by atoms with Crippen molar-refractivity contribution in [1.82, 2.24) is 0 Å². The van der Waals surface area contributed by atoms with Gasteiger partial charge in [-0.15, -0.1) is 0 Å². The highest BCUT2D eigenvalue weighted by molar-refractivity contribution is 9.11. The van der Waals surface area contributed by atoms with Crippen molar-refractivity contribution < 1.29 is 4.79 Å². The number of carbonyl (C=O) groups is 1. The fraction of sp³-hybridized carbons (Fsp3) is 0.188. The van der Waals surface area contributed by atoms with Crippen LogP contribution >= 0.6 is 43.5 Å². The highest BCUT2D eigenvalue weighted by Crippen LogP contribution is 2.50. The first-order chi connectivity index (χ1) is 10.1. The predicted molar refractivity (Wildman–Crippen MR) is 92.8 cm³/mol. The van der Waals surface area contributed by atoms with Gasteiger partial charge in [-0.1, -0.05) is 45.7 Å². The third-order valence-corrected chi connectivity index (χ3v) is 5.15. The fourth-order valence-corrected chi connectivity index (χ4v) is 3.41. The third-order valence-electron chi connectivity index (χ3n) is 3.62. The van der Waals surface area contributed by atoms with Crippen molar-refractivity contribution in [2.75, 3.05) is 5.32 Å². The lowest BCUT2D eigenvalue weighted by molar-refractivity contribution is -0.117. The first-order valence-electron chi connectivity index (χ1n) is 6.56. The van der Waals surface area contributed by atoms with Gasteiger partial charge in [0.2, 0.25) is 5.91 Å². The molecule has 2 aromatic rings. The third kappa shape index (κ3) is 3.33. The molecule has 2 aromatic carbocycles. The zero-order valence-corrected chi connectivity index (χ0v) is 14.9. The van der Waals surface area contributed by atoms with Crippen molar-refractivity contribution in [2.45, 2.75) is 12.3 Å². The van der Waals surface area contributed by atoms with Crippen LogP contribution in [0.5, 0.6) is 0 Å². The molecule has 5 heteroatoms. The molecule has 2 unspecified atom stereocenters. The zero-order chi connectivity index (χ0) is 15.0. The second kappa shape index (κ2) is 6.11. The molecule has 0 bridgehead atoms. The van der Waals surface area contributed by atoms with Gasteiger partial charge in [-0.2, -0.15) is 0 Å². The van der Waals surface area contributed by atoms with Gasteiger partial charge < -0.3 is 5.32 Å². The monoisotopic (exact) mass is 427 g/mol. The van der Waals surface area contributed by atoms with E-state index in [-0.39, 0.29) is 17.7 Å². The minimum Gasteiger partial charge on any atom is -0.325 e. The van der Waals surface area contributed by atoms with E-state index >= 15 is 0 Å². The van der Waals surface area contributed by atoms with Crippen LogP contribution in [0.2, 0.25) is 5.02 Å². The predicted octanol–water partition coefficient (Wildman–Crippen LogP) is 5.61.